The fourth-order valence-electron chi connectivity index (χ4n) is 2.88. The van der Waals surface area contributed by atoms with Crippen LogP contribution in [0.4, 0.5) is 0 Å². The minimum absolute atomic E-state index is 0. The van der Waals surface area contributed by atoms with Crippen molar-refractivity contribution in [3.05, 3.63) is 11.7 Å². The molecule has 2 aliphatic rings. The molecular formula is C13H21ClN4O2. The largest absolute Gasteiger partial charge is 0.346 e. The molecule has 0 spiro atoms. The third-order valence-corrected chi connectivity index (χ3v) is 3.99. The lowest BCUT2D eigenvalue weighted by Gasteiger charge is -2.08. The quantitative estimate of drug-likeness (QED) is 0.881. The highest BCUT2D eigenvalue weighted by Crippen LogP contribution is 2.32. The number of carbonyl (C=O) groups excluding carboxylic acids is 1. The molecular weight excluding hydrogens is 280 g/mol. The maximum atomic E-state index is 11.8. The first kappa shape index (κ1) is 15.3. The van der Waals surface area contributed by atoms with Crippen molar-refractivity contribution in [2.24, 2.45) is 0 Å². The minimum atomic E-state index is -0.0581. The van der Waals surface area contributed by atoms with E-state index in [-0.39, 0.29) is 24.4 Å². The van der Waals surface area contributed by atoms with Crippen molar-refractivity contribution in [3.8, 4) is 0 Å². The normalized spacial score (nSPS) is 22.7. The van der Waals surface area contributed by atoms with E-state index in [1.807, 2.05) is 0 Å². The number of carbonyl (C=O) groups is 1. The first-order valence-corrected chi connectivity index (χ1v) is 7.16. The van der Waals surface area contributed by atoms with Gasteiger partial charge in [0.1, 0.15) is 0 Å². The van der Waals surface area contributed by atoms with Crippen LogP contribution in [-0.4, -0.2) is 28.6 Å². The van der Waals surface area contributed by atoms with Gasteiger partial charge in [-0.1, -0.05) is 18.0 Å². The summed E-state index contributed by atoms with van der Waals surface area (Å²) in [5, 5.41) is 10.0. The molecule has 1 unspecified atom stereocenters. The molecule has 7 heteroatoms. The van der Waals surface area contributed by atoms with Crippen LogP contribution in [0.25, 0.3) is 0 Å². The number of nitrogens with zero attached hydrogens (tertiary/aromatic N) is 2. The number of halogens is 1. The van der Waals surface area contributed by atoms with Gasteiger partial charge in [0.15, 0.2) is 5.82 Å². The molecule has 20 heavy (non-hydrogen) atoms. The minimum Gasteiger partial charge on any atom is -0.346 e. The molecule has 1 aromatic heterocycles. The predicted molar refractivity (Wildman–Crippen MR) is 75.6 cm³/mol. The third-order valence-electron chi connectivity index (χ3n) is 3.99. The lowest BCUT2D eigenvalue weighted by molar-refractivity contribution is -0.123. The maximum absolute atomic E-state index is 11.8. The summed E-state index contributed by atoms with van der Waals surface area (Å²) in [7, 11) is 0. The Hall–Kier alpha value is -1.14. The number of rotatable bonds is 4. The average Bonchev–Trinajstić information content (AvgIpc) is 3.14. The van der Waals surface area contributed by atoms with Crippen LogP contribution in [0.15, 0.2) is 4.52 Å². The van der Waals surface area contributed by atoms with E-state index in [1.165, 1.54) is 12.8 Å². The van der Waals surface area contributed by atoms with Crippen LogP contribution in [0, 0.1) is 0 Å². The van der Waals surface area contributed by atoms with Crippen LogP contribution in [-0.2, 0) is 11.3 Å². The second kappa shape index (κ2) is 7.04. The van der Waals surface area contributed by atoms with Crippen molar-refractivity contribution >= 4 is 18.3 Å². The summed E-state index contributed by atoms with van der Waals surface area (Å²) in [5.41, 5.74) is 0. The lowest BCUT2D eigenvalue weighted by atomic mass is 10.1. The van der Waals surface area contributed by atoms with E-state index >= 15 is 0 Å². The molecule has 1 atom stereocenters. The number of aromatic nitrogens is 2. The van der Waals surface area contributed by atoms with Gasteiger partial charge in [0.25, 0.3) is 0 Å². The van der Waals surface area contributed by atoms with E-state index in [0.29, 0.717) is 18.4 Å². The molecule has 6 nitrogen and oxygen atoms in total. The molecule has 3 rings (SSSR count). The number of nitrogens with one attached hydrogen (secondary N) is 2. The fraction of sp³-hybridized carbons (Fsp3) is 0.769. The van der Waals surface area contributed by atoms with E-state index < -0.39 is 0 Å². The van der Waals surface area contributed by atoms with Gasteiger partial charge in [-0.15, -0.1) is 12.4 Å². The van der Waals surface area contributed by atoms with Crippen molar-refractivity contribution in [1.29, 1.82) is 0 Å². The molecule has 0 bridgehead atoms. The summed E-state index contributed by atoms with van der Waals surface area (Å²) in [6.07, 6.45) is 6.76. The van der Waals surface area contributed by atoms with Crippen LogP contribution in [0.3, 0.4) is 0 Å². The number of hydrogen-bond acceptors (Lipinski definition) is 5. The highest BCUT2D eigenvalue weighted by Gasteiger charge is 2.24. The summed E-state index contributed by atoms with van der Waals surface area (Å²) >= 11 is 0. The van der Waals surface area contributed by atoms with Crippen LogP contribution in [0.1, 0.15) is 56.2 Å². The SMILES string of the molecule is Cl.O=C(NCc1nc(C2CCCC2)no1)C1CCCN1. The van der Waals surface area contributed by atoms with Gasteiger partial charge >= 0.3 is 0 Å². The van der Waals surface area contributed by atoms with Gasteiger partial charge in [-0.25, -0.2) is 0 Å². The van der Waals surface area contributed by atoms with Gasteiger partial charge in [0, 0.05) is 5.92 Å². The van der Waals surface area contributed by atoms with E-state index in [9.17, 15) is 4.79 Å². The van der Waals surface area contributed by atoms with Gasteiger partial charge in [-0.05, 0) is 32.2 Å². The molecule has 1 aliphatic heterocycles. The summed E-state index contributed by atoms with van der Waals surface area (Å²) in [4.78, 5) is 16.2. The van der Waals surface area contributed by atoms with Gasteiger partial charge in [0.05, 0.1) is 12.6 Å². The molecule has 2 N–H and O–H groups in total. The zero-order valence-electron chi connectivity index (χ0n) is 11.4. The molecule has 2 fully saturated rings. The summed E-state index contributed by atoms with van der Waals surface area (Å²) in [5.74, 6) is 1.79. The Balaban J connectivity index is 0.00000147. The van der Waals surface area contributed by atoms with E-state index in [0.717, 1.165) is 38.1 Å². The van der Waals surface area contributed by atoms with Gasteiger partial charge < -0.3 is 15.2 Å². The molecule has 1 amide bonds. The Morgan fingerprint density at radius 2 is 2.10 bits per heavy atom. The topological polar surface area (TPSA) is 80.1 Å². The van der Waals surface area contributed by atoms with Crippen LogP contribution in [0.5, 0.6) is 0 Å². The monoisotopic (exact) mass is 300 g/mol. The number of amides is 1. The zero-order valence-corrected chi connectivity index (χ0v) is 12.2. The standard InChI is InChI=1S/C13H20N4O2.ClH/c18-13(10-6-3-7-14-10)15-8-11-16-12(17-19-11)9-4-1-2-5-9;/h9-10,14H,1-8H2,(H,15,18);1H. The second-order valence-corrected chi connectivity index (χ2v) is 5.39. The first-order chi connectivity index (χ1) is 9.33. The molecule has 1 saturated carbocycles. The Morgan fingerprint density at radius 3 is 2.80 bits per heavy atom. The van der Waals surface area contributed by atoms with Crippen LogP contribution >= 0.6 is 12.4 Å². The van der Waals surface area contributed by atoms with Crippen molar-refractivity contribution in [2.45, 2.75) is 57.0 Å². The molecule has 0 aromatic carbocycles. The Bertz CT molecular complexity index is 439. The zero-order chi connectivity index (χ0) is 13.1. The lowest BCUT2D eigenvalue weighted by Crippen LogP contribution is -2.40. The van der Waals surface area contributed by atoms with Gasteiger partial charge in [-0.2, -0.15) is 4.98 Å². The van der Waals surface area contributed by atoms with Crippen molar-refractivity contribution in [3.63, 3.8) is 0 Å². The van der Waals surface area contributed by atoms with Crippen molar-refractivity contribution in [2.75, 3.05) is 6.54 Å². The maximum Gasteiger partial charge on any atom is 0.246 e. The average molecular weight is 301 g/mol. The molecule has 0 radical (unpaired) electrons. The van der Waals surface area contributed by atoms with E-state index in [2.05, 4.69) is 20.8 Å². The van der Waals surface area contributed by atoms with Crippen LogP contribution < -0.4 is 10.6 Å². The third kappa shape index (κ3) is 3.49. The summed E-state index contributed by atoms with van der Waals surface area (Å²) in [6.45, 7) is 1.25. The van der Waals surface area contributed by atoms with E-state index in [4.69, 9.17) is 4.52 Å². The summed E-state index contributed by atoms with van der Waals surface area (Å²) in [6, 6.07) is -0.0581. The number of hydrogen-bond donors (Lipinski definition) is 2. The molecule has 1 aliphatic carbocycles. The molecule has 2 heterocycles. The fourth-order valence-corrected chi connectivity index (χ4v) is 2.88. The smallest absolute Gasteiger partial charge is 0.246 e. The van der Waals surface area contributed by atoms with Crippen LogP contribution in [0.2, 0.25) is 0 Å². The predicted octanol–water partition coefficient (Wildman–Crippen LogP) is 1.52. The second-order valence-electron chi connectivity index (χ2n) is 5.39. The van der Waals surface area contributed by atoms with Gasteiger partial charge in [-0.3, -0.25) is 4.79 Å². The Morgan fingerprint density at radius 1 is 1.30 bits per heavy atom. The van der Waals surface area contributed by atoms with Crippen molar-refractivity contribution in [1.82, 2.24) is 20.8 Å². The Labute approximate surface area is 124 Å². The molecule has 112 valence electrons. The highest BCUT2D eigenvalue weighted by molar-refractivity contribution is 5.85. The molecule has 1 saturated heterocycles. The summed E-state index contributed by atoms with van der Waals surface area (Å²) < 4.78 is 5.19. The highest BCUT2D eigenvalue weighted by atomic mass is 35.5. The van der Waals surface area contributed by atoms with E-state index in [1.54, 1.807) is 0 Å². The first-order valence-electron chi connectivity index (χ1n) is 7.16. The van der Waals surface area contributed by atoms with Gasteiger partial charge in [0.2, 0.25) is 11.8 Å². The Kier molecular flexibility index (Phi) is 5.37. The van der Waals surface area contributed by atoms with Crippen molar-refractivity contribution < 1.29 is 9.32 Å². The molecule has 1 aromatic rings.